The lowest BCUT2D eigenvalue weighted by Crippen LogP contribution is -2.32. The van der Waals surface area contributed by atoms with Crippen molar-refractivity contribution in [3.05, 3.63) is 59.9 Å². The summed E-state index contributed by atoms with van der Waals surface area (Å²) in [7, 11) is 0. The van der Waals surface area contributed by atoms with E-state index in [9.17, 15) is 14.0 Å². The number of phenolic OH excluding ortho intramolecular Hbond substituents is 1. The lowest BCUT2D eigenvalue weighted by molar-refractivity contribution is -0.136. The van der Waals surface area contributed by atoms with E-state index in [4.69, 9.17) is 5.11 Å². The molecule has 0 radical (unpaired) electrons. The average Bonchev–Trinajstić information content (AvgIpc) is 2.51. The third-order valence-electron chi connectivity index (χ3n) is 2.60. The van der Waals surface area contributed by atoms with Crippen molar-refractivity contribution in [1.82, 2.24) is 5.43 Å². The maximum Gasteiger partial charge on any atom is 0.329 e. The third kappa shape index (κ3) is 4.14. The number of anilines is 1. The van der Waals surface area contributed by atoms with Gasteiger partial charge in [0.05, 0.1) is 11.9 Å². The zero-order valence-electron chi connectivity index (χ0n) is 11.3. The molecule has 0 aliphatic carbocycles. The predicted octanol–water partition coefficient (Wildman–Crippen LogP) is 1.62. The molecule has 7 heteroatoms. The Hall–Kier alpha value is -3.22. The van der Waals surface area contributed by atoms with E-state index in [1.165, 1.54) is 36.5 Å². The molecule has 0 aromatic heterocycles. The van der Waals surface area contributed by atoms with Crippen LogP contribution in [0.25, 0.3) is 0 Å². The molecule has 0 heterocycles. The second kappa shape index (κ2) is 6.98. The Labute approximate surface area is 125 Å². The van der Waals surface area contributed by atoms with Crippen molar-refractivity contribution >= 4 is 23.7 Å². The van der Waals surface area contributed by atoms with Crippen LogP contribution < -0.4 is 10.7 Å². The van der Waals surface area contributed by atoms with Gasteiger partial charge in [-0.1, -0.05) is 12.1 Å². The van der Waals surface area contributed by atoms with Crippen molar-refractivity contribution in [2.24, 2.45) is 5.10 Å². The van der Waals surface area contributed by atoms with Crippen molar-refractivity contribution in [1.29, 1.82) is 0 Å². The van der Waals surface area contributed by atoms with E-state index < -0.39 is 17.6 Å². The van der Waals surface area contributed by atoms with Crippen LogP contribution >= 0.6 is 0 Å². The summed E-state index contributed by atoms with van der Waals surface area (Å²) in [5, 5.41) is 14.8. The summed E-state index contributed by atoms with van der Waals surface area (Å²) in [4.78, 5) is 23.1. The standard InChI is InChI=1S/C15H12FN3O3/c16-12-3-1-2-4-13(12)18-14(21)15(22)19-17-9-10-5-7-11(20)8-6-10/h1-9,20H,(H,18,21)(H,19,22)/b17-9+. The van der Waals surface area contributed by atoms with Gasteiger partial charge in [0.1, 0.15) is 11.6 Å². The maximum atomic E-state index is 13.3. The van der Waals surface area contributed by atoms with Crippen LogP contribution in [0, 0.1) is 5.82 Å². The SMILES string of the molecule is O=C(N/N=C/c1ccc(O)cc1)C(=O)Nc1ccccc1F. The zero-order valence-corrected chi connectivity index (χ0v) is 11.3. The highest BCUT2D eigenvalue weighted by Crippen LogP contribution is 2.11. The molecule has 0 fully saturated rings. The predicted molar refractivity (Wildman–Crippen MR) is 78.9 cm³/mol. The maximum absolute atomic E-state index is 13.3. The quantitative estimate of drug-likeness (QED) is 0.457. The van der Waals surface area contributed by atoms with Gasteiger partial charge in [-0.15, -0.1) is 0 Å². The molecule has 0 saturated heterocycles. The molecular weight excluding hydrogens is 289 g/mol. The summed E-state index contributed by atoms with van der Waals surface area (Å²) in [5.74, 6) is -2.60. The summed E-state index contributed by atoms with van der Waals surface area (Å²) in [6, 6.07) is 11.5. The lowest BCUT2D eigenvalue weighted by atomic mass is 10.2. The van der Waals surface area contributed by atoms with Crippen LogP contribution in [-0.2, 0) is 9.59 Å². The minimum atomic E-state index is -1.03. The number of hydrogen-bond donors (Lipinski definition) is 3. The highest BCUT2D eigenvalue weighted by molar-refractivity contribution is 6.39. The van der Waals surface area contributed by atoms with Gasteiger partial charge in [-0.05, 0) is 42.0 Å². The topological polar surface area (TPSA) is 90.8 Å². The molecule has 0 atom stereocenters. The first-order valence-electron chi connectivity index (χ1n) is 6.24. The Morgan fingerprint density at radius 1 is 1.05 bits per heavy atom. The van der Waals surface area contributed by atoms with Gasteiger partial charge in [0.2, 0.25) is 0 Å². The van der Waals surface area contributed by atoms with Gasteiger partial charge in [-0.2, -0.15) is 5.10 Å². The minimum Gasteiger partial charge on any atom is -0.508 e. The summed E-state index contributed by atoms with van der Waals surface area (Å²) < 4.78 is 13.3. The van der Waals surface area contributed by atoms with Crippen molar-refractivity contribution in [3.8, 4) is 5.75 Å². The molecular formula is C15H12FN3O3. The van der Waals surface area contributed by atoms with Crippen molar-refractivity contribution in [3.63, 3.8) is 0 Å². The number of aromatic hydroxyl groups is 1. The number of hydrogen-bond acceptors (Lipinski definition) is 4. The average molecular weight is 301 g/mol. The molecule has 0 aliphatic heterocycles. The highest BCUT2D eigenvalue weighted by atomic mass is 19.1. The Balaban J connectivity index is 1.90. The molecule has 0 saturated carbocycles. The lowest BCUT2D eigenvalue weighted by Gasteiger charge is -2.04. The van der Waals surface area contributed by atoms with Gasteiger partial charge >= 0.3 is 11.8 Å². The molecule has 22 heavy (non-hydrogen) atoms. The highest BCUT2D eigenvalue weighted by Gasteiger charge is 2.14. The van der Waals surface area contributed by atoms with E-state index in [0.717, 1.165) is 6.07 Å². The number of nitrogens with zero attached hydrogens (tertiary/aromatic N) is 1. The van der Waals surface area contributed by atoms with Crippen LogP contribution in [0.15, 0.2) is 53.6 Å². The number of hydrazone groups is 1. The zero-order chi connectivity index (χ0) is 15.9. The second-order valence-electron chi connectivity index (χ2n) is 4.22. The molecule has 2 rings (SSSR count). The molecule has 2 aromatic carbocycles. The Kier molecular flexibility index (Phi) is 4.81. The number of nitrogens with one attached hydrogen (secondary N) is 2. The monoisotopic (exact) mass is 301 g/mol. The fourth-order valence-electron chi connectivity index (χ4n) is 1.52. The number of para-hydroxylation sites is 1. The first-order chi connectivity index (χ1) is 10.6. The number of halogens is 1. The summed E-state index contributed by atoms with van der Waals surface area (Å²) in [6.07, 6.45) is 1.30. The normalized spacial score (nSPS) is 10.4. The smallest absolute Gasteiger partial charge is 0.329 e. The molecule has 112 valence electrons. The Morgan fingerprint density at radius 3 is 2.41 bits per heavy atom. The largest absolute Gasteiger partial charge is 0.508 e. The van der Waals surface area contributed by atoms with Gasteiger partial charge < -0.3 is 10.4 Å². The number of phenols is 1. The van der Waals surface area contributed by atoms with Gasteiger partial charge in [0, 0.05) is 0 Å². The van der Waals surface area contributed by atoms with Crippen LogP contribution in [0.4, 0.5) is 10.1 Å². The Morgan fingerprint density at radius 2 is 1.73 bits per heavy atom. The minimum absolute atomic E-state index is 0.0924. The fraction of sp³-hybridized carbons (Fsp3) is 0. The molecule has 0 unspecified atom stereocenters. The van der Waals surface area contributed by atoms with Gasteiger partial charge in [-0.25, -0.2) is 9.82 Å². The van der Waals surface area contributed by atoms with Crippen LogP contribution in [0.3, 0.4) is 0 Å². The van der Waals surface area contributed by atoms with Crippen molar-refractivity contribution in [2.75, 3.05) is 5.32 Å². The van der Waals surface area contributed by atoms with Gasteiger partial charge in [-0.3, -0.25) is 9.59 Å². The first kappa shape index (κ1) is 15.2. The van der Waals surface area contributed by atoms with Gasteiger partial charge in [0.15, 0.2) is 0 Å². The van der Waals surface area contributed by atoms with Crippen LogP contribution in [-0.4, -0.2) is 23.1 Å². The van der Waals surface area contributed by atoms with E-state index in [-0.39, 0.29) is 11.4 Å². The summed E-state index contributed by atoms with van der Waals surface area (Å²) >= 11 is 0. The van der Waals surface area contributed by atoms with Gasteiger partial charge in [0.25, 0.3) is 0 Å². The molecule has 3 N–H and O–H groups in total. The molecule has 2 amide bonds. The van der Waals surface area contributed by atoms with E-state index in [2.05, 4.69) is 10.4 Å². The molecule has 0 bridgehead atoms. The van der Waals surface area contributed by atoms with Crippen molar-refractivity contribution < 1.29 is 19.1 Å². The van der Waals surface area contributed by atoms with Crippen molar-refractivity contribution in [2.45, 2.75) is 0 Å². The first-order valence-corrected chi connectivity index (χ1v) is 6.24. The Bertz CT molecular complexity index is 714. The van der Waals surface area contributed by atoms with Crippen LogP contribution in [0.5, 0.6) is 5.75 Å². The second-order valence-corrected chi connectivity index (χ2v) is 4.22. The van der Waals surface area contributed by atoms with E-state index in [1.807, 2.05) is 5.43 Å². The van der Waals surface area contributed by atoms with E-state index in [0.29, 0.717) is 5.56 Å². The van der Waals surface area contributed by atoms with E-state index >= 15 is 0 Å². The number of carbonyl (C=O) groups is 2. The number of carbonyl (C=O) groups excluding carboxylic acids is 2. The number of amides is 2. The van der Waals surface area contributed by atoms with Crippen LogP contribution in [0.2, 0.25) is 0 Å². The van der Waals surface area contributed by atoms with Crippen LogP contribution in [0.1, 0.15) is 5.56 Å². The fourth-order valence-corrected chi connectivity index (χ4v) is 1.52. The number of rotatable bonds is 3. The number of benzene rings is 2. The molecule has 0 spiro atoms. The van der Waals surface area contributed by atoms with E-state index in [1.54, 1.807) is 12.1 Å². The third-order valence-corrected chi connectivity index (χ3v) is 2.60. The molecule has 0 aliphatic rings. The molecule has 6 nitrogen and oxygen atoms in total. The summed E-state index contributed by atoms with van der Waals surface area (Å²) in [6.45, 7) is 0. The molecule has 2 aromatic rings. The summed E-state index contributed by atoms with van der Waals surface area (Å²) in [5.41, 5.74) is 2.54.